The predicted molar refractivity (Wildman–Crippen MR) is 73.5 cm³/mol. The minimum atomic E-state index is 0.478. The smallest absolute Gasteiger partial charge is 0.0323 e. The molecule has 0 saturated heterocycles. The summed E-state index contributed by atoms with van der Waals surface area (Å²) in [7, 11) is 0. The minimum absolute atomic E-state index is 0.478. The van der Waals surface area contributed by atoms with E-state index in [2.05, 4.69) is 48.5 Å². The van der Waals surface area contributed by atoms with Gasteiger partial charge in [-0.25, -0.2) is 0 Å². The van der Waals surface area contributed by atoms with Gasteiger partial charge in [0.1, 0.15) is 0 Å². The molecular weight excluding hydrogens is 192 g/mol. The first-order valence-corrected chi connectivity index (χ1v) is 7.18. The molecule has 0 aliphatic heterocycles. The number of rotatable bonds is 4. The van der Waals surface area contributed by atoms with E-state index in [4.69, 9.17) is 0 Å². The Morgan fingerprint density at radius 1 is 1.19 bits per heavy atom. The summed E-state index contributed by atoms with van der Waals surface area (Å²) < 4.78 is 0. The van der Waals surface area contributed by atoms with Crippen molar-refractivity contribution in [2.45, 2.75) is 74.1 Å². The van der Waals surface area contributed by atoms with Crippen LogP contribution in [0.25, 0.3) is 0 Å². The first kappa shape index (κ1) is 14.1. The van der Waals surface area contributed by atoms with Crippen molar-refractivity contribution in [2.75, 3.05) is 0 Å². The molecule has 2 atom stereocenters. The average Bonchev–Trinajstić information content (AvgIpc) is 2.11. The zero-order valence-corrected chi connectivity index (χ0v) is 12.6. The van der Waals surface area contributed by atoms with Gasteiger partial charge in [0.25, 0.3) is 0 Å². The Morgan fingerprint density at radius 3 is 2.06 bits per heavy atom. The summed E-state index contributed by atoms with van der Waals surface area (Å²) in [5.41, 5.74) is 1.16. The third kappa shape index (κ3) is 3.25. The Bertz CT molecular complexity index is 215. The molecule has 1 aliphatic carbocycles. The molecule has 1 rings (SSSR count). The molecule has 0 nitrogen and oxygen atoms in total. The first-order chi connectivity index (χ1) is 7.18. The Balaban J connectivity index is 2.36. The molecule has 16 heavy (non-hydrogen) atoms. The molecule has 0 heteroatoms. The highest BCUT2D eigenvalue weighted by Crippen LogP contribution is 2.52. The number of hydrogen-bond acceptors (Lipinski definition) is 0. The SMILES string of the molecule is CCC1(C)CC(C(C)CC(C)C(C)(C)C)C1. The molecule has 1 aliphatic rings. The maximum absolute atomic E-state index is 2.47. The molecule has 0 aromatic rings. The van der Waals surface area contributed by atoms with Crippen LogP contribution in [0, 0.1) is 28.6 Å². The van der Waals surface area contributed by atoms with E-state index >= 15 is 0 Å². The second kappa shape index (κ2) is 4.70. The average molecular weight is 224 g/mol. The van der Waals surface area contributed by atoms with Crippen LogP contribution in [0.15, 0.2) is 0 Å². The zero-order valence-electron chi connectivity index (χ0n) is 12.6. The van der Waals surface area contributed by atoms with Gasteiger partial charge in [-0.3, -0.25) is 0 Å². The van der Waals surface area contributed by atoms with Gasteiger partial charge in [-0.1, -0.05) is 54.9 Å². The van der Waals surface area contributed by atoms with E-state index in [0.29, 0.717) is 10.8 Å². The van der Waals surface area contributed by atoms with Crippen LogP contribution in [0.1, 0.15) is 74.1 Å². The Labute approximate surface area is 103 Å². The monoisotopic (exact) mass is 224 g/mol. The van der Waals surface area contributed by atoms with Crippen molar-refractivity contribution in [2.24, 2.45) is 28.6 Å². The van der Waals surface area contributed by atoms with Crippen LogP contribution < -0.4 is 0 Å². The molecule has 0 bridgehead atoms. The fourth-order valence-electron chi connectivity index (χ4n) is 3.00. The topological polar surface area (TPSA) is 0 Å². The molecule has 2 unspecified atom stereocenters. The van der Waals surface area contributed by atoms with Crippen LogP contribution in [0.3, 0.4) is 0 Å². The van der Waals surface area contributed by atoms with Crippen molar-refractivity contribution in [3.8, 4) is 0 Å². The molecule has 0 aromatic heterocycles. The first-order valence-electron chi connectivity index (χ1n) is 7.18. The van der Waals surface area contributed by atoms with Crippen LogP contribution in [-0.4, -0.2) is 0 Å². The quantitative estimate of drug-likeness (QED) is 0.589. The minimum Gasteiger partial charge on any atom is -0.0649 e. The largest absolute Gasteiger partial charge is 0.0649 e. The van der Waals surface area contributed by atoms with E-state index in [-0.39, 0.29) is 0 Å². The predicted octanol–water partition coefficient (Wildman–Crippen LogP) is 5.52. The van der Waals surface area contributed by atoms with Gasteiger partial charge >= 0.3 is 0 Å². The fourth-order valence-corrected chi connectivity index (χ4v) is 3.00. The standard InChI is InChI=1S/C16H32/c1-8-16(7)10-14(11-16)12(2)9-13(3)15(4,5)6/h12-14H,8-11H2,1-7H3. The Hall–Kier alpha value is 0. The molecule has 96 valence electrons. The molecule has 0 spiro atoms. The maximum Gasteiger partial charge on any atom is -0.0323 e. The van der Waals surface area contributed by atoms with Crippen LogP contribution in [0.4, 0.5) is 0 Å². The molecule has 1 saturated carbocycles. The van der Waals surface area contributed by atoms with Gasteiger partial charge in [-0.15, -0.1) is 0 Å². The van der Waals surface area contributed by atoms with E-state index in [9.17, 15) is 0 Å². The van der Waals surface area contributed by atoms with Gasteiger partial charge in [0.2, 0.25) is 0 Å². The molecular formula is C16H32. The van der Waals surface area contributed by atoms with Gasteiger partial charge in [0, 0.05) is 0 Å². The molecule has 0 N–H and O–H groups in total. The summed E-state index contributed by atoms with van der Waals surface area (Å²) in [5, 5.41) is 0. The van der Waals surface area contributed by atoms with Crippen molar-refractivity contribution in [1.82, 2.24) is 0 Å². The lowest BCUT2D eigenvalue weighted by atomic mass is 9.57. The van der Waals surface area contributed by atoms with Gasteiger partial charge in [-0.05, 0) is 47.8 Å². The highest BCUT2D eigenvalue weighted by molar-refractivity contribution is 4.92. The summed E-state index contributed by atoms with van der Waals surface area (Å²) in [4.78, 5) is 0. The third-order valence-corrected chi connectivity index (χ3v) is 5.37. The summed E-state index contributed by atoms with van der Waals surface area (Å²) in [6, 6.07) is 0. The zero-order chi connectivity index (χ0) is 12.6. The highest BCUT2D eigenvalue weighted by Gasteiger charge is 2.41. The van der Waals surface area contributed by atoms with Crippen molar-refractivity contribution < 1.29 is 0 Å². The Kier molecular flexibility index (Phi) is 4.13. The van der Waals surface area contributed by atoms with E-state index in [1.165, 1.54) is 25.7 Å². The molecule has 0 radical (unpaired) electrons. The van der Waals surface area contributed by atoms with Crippen molar-refractivity contribution in [1.29, 1.82) is 0 Å². The molecule has 1 fully saturated rings. The van der Waals surface area contributed by atoms with Crippen LogP contribution in [0.2, 0.25) is 0 Å². The highest BCUT2D eigenvalue weighted by atomic mass is 14.5. The second-order valence-corrected chi connectivity index (χ2v) is 7.81. The van der Waals surface area contributed by atoms with Gasteiger partial charge in [0.05, 0.1) is 0 Å². The summed E-state index contributed by atoms with van der Waals surface area (Å²) in [6.45, 7) is 16.8. The van der Waals surface area contributed by atoms with E-state index in [1.807, 2.05) is 0 Å². The van der Waals surface area contributed by atoms with Crippen molar-refractivity contribution >= 4 is 0 Å². The summed E-state index contributed by atoms with van der Waals surface area (Å²) in [6.07, 6.45) is 5.72. The normalized spacial score (nSPS) is 34.3. The van der Waals surface area contributed by atoms with Gasteiger partial charge < -0.3 is 0 Å². The summed E-state index contributed by atoms with van der Waals surface area (Å²) in [5.74, 6) is 2.78. The van der Waals surface area contributed by atoms with E-state index < -0.39 is 0 Å². The van der Waals surface area contributed by atoms with Gasteiger partial charge in [-0.2, -0.15) is 0 Å². The molecule has 0 aromatic carbocycles. The second-order valence-electron chi connectivity index (χ2n) is 7.81. The van der Waals surface area contributed by atoms with E-state index in [0.717, 1.165) is 17.8 Å². The van der Waals surface area contributed by atoms with Crippen LogP contribution in [0.5, 0.6) is 0 Å². The lowest BCUT2D eigenvalue weighted by molar-refractivity contribution is 0.0209. The lowest BCUT2D eigenvalue weighted by Gasteiger charge is -2.48. The lowest BCUT2D eigenvalue weighted by Crippen LogP contribution is -2.38. The molecule has 0 heterocycles. The third-order valence-electron chi connectivity index (χ3n) is 5.37. The van der Waals surface area contributed by atoms with Gasteiger partial charge in [0.15, 0.2) is 0 Å². The fraction of sp³-hybridized carbons (Fsp3) is 1.00. The molecule has 0 amide bonds. The maximum atomic E-state index is 2.47. The van der Waals surface area contributed by atoms with E-state index in [1.54, 1.807) is 0 Å². The summed E-state index contributed by atoms with van der Waals surface area (Å²) >= 11 is 0. The Morgan fingerprint density at radius 2 is 1.69 bits per heavy atom. The van der Waals surface area contributed by atoms with Crippen LogP contribution in [-0.2, 0) is 0 Å². The van der Waals surface area contributed by atoms with Crippen molar-refractivity contribution in [3.63, 3.8) is 0 Å². The van der Waals surface area contributed by atoms with Crippen LogP contribution >= 0.6 is 0 Å². The van der Waals surface area contributed by atoms with Crippen molar-refractivity contribution in [3.05, 3.63) is 0 Å². The number of hydrogen-bond donors (Lipinski definition) is 0.